The van der Waals surface area contributed by atoms with Crippen molar-refractivity contribution >= 4 is 28.6 Å². The Bertz CT molecular complexity index is 853. The second kappa shape index (κ2) is 6.37. The number of rotatable bonds is 5. The van der Waals surface area contributed by atoms with E-state index >= 15 is 0 Å². The molecular weight excluding hydrogens is 312 g/mol. The highest BCUT2D eigenvalue weighted by atomic mass is 32.2. The van der Waals surface area contributed by atoms with Crippen LogP contribution in [0.25, 0.3) is 10.9 Å². The van der Waals surface area contributed by atoms with Crippen molar-refractivity contribution < 1.29 is 9.53 Å². The van der Waals surface area contributed by atoms with Crippen molar-refractivity contribution in [3.05, 3.63) is 41.9 Å². The van der Waals surface area contributed by atoms with Crippen LogP contribution in [0.15, 0.2) is 35.6 Å². The molecular formula is C16H18N4O2S. The first-order valence-electron chi connectivity index (χ1n) is 7.12. The lowest BCUT2D eigenvalue weighted by atomic mass is 10.2. The van der Waals surface area contributed by atoms with E-state index in [0.717, 1.165) is 27.5 Å². The summed E-state index contributed by atoms with van der Waals surface area (Å²) in [5.41, 5.74) is 2.39. The van der Waals surface area contributed by atoms with E-state index in [9.17, 15) is 4.79 Å². The molecule has 0 aliphatic heterocycles. The second-order valence-electron chi connectivity index (χ2n) is 5.11. The summed E-state index contributed by atoms with van der Waals surface area (Å²) in [5.74, 6) is 0.620. The summed E-state index contributed by atoms with van der Waals surface area (Å²) in [7, 11) is 3.56. The molecule has 0 radical (unpaired) electrons. The average Bonchev–Trinajstić information content (AvgIpc) is 3.15. The Morgan fingerprint density at radius 1 is 1.43 bits per heavy atom. The van der Waals surface area contributed by atoms with Gasteiger partial charge in [-0.05, 0) is 30.5 Å². The molecule has 1 aromatic carbocycles. The third kappa shape index (κ3) is 3.05. The number of hydrogen-bond acceptors (Lipinski definition) is 4. The normalized spacial score (nSPS) is 10.9. The molecule has 2 aromatic heterocycles. The summed E-state index contributed by atoms with van der Waals surface area (Å²) >= 11 is 1.57. The minimum absolute atomic E-state index is 0.146. The van der Waals surface area contributed by atoms with Crippen LogP contribution in [0.2, 0.25) is 0 Å². The molecule has 2 heterocycles. The standard InChI is InChI=1S/C16H18N4O2S/c1-20-11(9-18-16(20)23-3)8-17-15(21)14-7-10-6-12(22-2)4-5-13(10)19-14/h4-7,9,19H,8H2,1-3H3,(H,17,21). The zero-order chi connectivity index (χ0) is 16.4. The van der Waals surface area contributed by atoms with Crippen LogP contribution in [0.5, 0.6) is 5.75 Å². The number of aromatic amines is 1. The second-order valence-corrected chi connectivity index (χ2v) is 5.89. The number of benzene rings is 1. The molecule has 0 aliphatic rings. The summed E-state index contributed by atoms with van der Waals surface area (Å²) in [5, 5.41) is 4.78. The van der Waals surface area contributed by atoms with Crippen molar-refractivity contribution in [3.63, 3.8) is 0 Å². The number of thioether (sulfide) groups is 1. The van der Waals surface area contributed by atoms with Crippen molar-refractivity contribution in [3.8, 4) is 5.75 Å². The Hall–Kier alpha value is -2.41. The van der Waals surface area contributed by atoms with Crippen LogP contribution in [0, 0.1) is 0 Å². The molecule has 120 valence electrons. The van der Waals surface area contributed by atoms with Gasteiger partial charge in [0.1, 0.15) is 11.4 Å². The number of aromatic nitrogens is 3. The number of carbonyl (C=O) groups excluding carboxylic acids is 1. The summed E-state index contributed by atoms with van der Waals surface area (Å²) < 4.78 is 7.17. The fraction of sp³-hybridized carbons (Fsp3) is 0.250. The monoisotopic (exact) mass is 330 g/mol. The van der Waals surface area contributed by atoms with E-state index in [-0.39, 0.29) is 5.91 Å². The maximum atomic E-state index is 12.3. The van der Waals surface area contributed by atoms with Gasteiger partial charge in [-0.3, -0.25) is 4.79 Å². The predicted octanol–water partition coefficient (Wildman–Crippen LogP) is 2.56. The molecule has 0 aliphatic carbocycles. The van der Waals surface area contributed by atoms with E-state index in [1.54, 1.807) is 25.1 Å². The Labute approximate surface area is 138 Å². The van der Waals surface area contributed by atoms with Gasteiger partial charge in [-0.25, -0.2) is 4.98 Å². The minimum Gasteiger partial charge on any atom is -0.497 e. The van der Waals surface area contributed by atoms with Crippen LogP contribution >= 0.6 is 11.8 Å². The van der Waals surface area contributed by atoms with Crippen molar-refractivity contribution in [1.29, 1.82) is 0 Å². The van der Waals surface area contributed by atoms with Crippen LogP contribution in [0.4, 0.5) is 0 Å². The van der Waals surface area contributed by atoms with Gasteiger partial charge < -0.3 is 19.6 Å². The van der Waals surface area contributed by atoms with Crippen molar-refractivity contribution in [2.45, 2.75) is 11.7 Å². The third-order valence-corrected chi connectivity index (χ3v) is 4.47. The van der Waals surface area contributed by atoms with Gasteiger partial charge >= 0.3 is 0 Å². The summed E-state index contributed by atoms with van der Waals surface area (Å²) in [4.78, 5) is 19.7. The lowest BCUT2D eigenvalue weighted by Gasteiger charge is -2.05. The van der Waals surface area contributed by atoms with Gasteiger partial charge in [0.15, 0.2) is 5.16 Å². The number of hydrogen-bond donors (Lipinski definition) is 2. The number of nitrogens with one attached hydrogen (secondary N) is 2. The first-order valence-corrected chi connectivity index (χ1v) is 8.34. The van der Waals surface area contributed by atoms with Gasteiger partial charge in [0.2, 0.25) is 0 Å². The van der Waals surface area contributed by atoms with E-state index in [2.05, 4.69) is 15.3 Å². The predicted molar refractivity (Wildman–Crippen MR) is 91.0 cm³/mol. The number of amides is 1. The SMILES string of the molecule is COc1ccc2[nH]c(C(=O)NCc3cnc(SC)n3C)cc2c1. The fourth-order valence-electron chi connectivity index (χ4n) is 2.41. The lowest BCUT2D eigenvalue weighted by molar-refractivity contribution is 0.0946. The summed E-state index contributed by atoms with van der Waals surface area (Å²) in [6.07, 6.45) is 3.76. The molecule has 1 amide bonds. The number of H-pyrrole nitrogens is 1. The Balaban J connectivity index is 1.74. The number of imidazole rings is 1. The van der Waals surface area contributed by atoms with Crippen LogP contribution < -0.4 is 10.1 Å². The smallest absolute Gasteiger partial charge is 0.268 e. The van der Waals surface area contributed by atoms with Crippen LogP contribution in [0.3, 0.4) is 0 Å². The third-order valence-electron chi connectivity index (χ3n) is 3.73. The quantitative estimate of drug-likeness (QED) is 0.705. The molecule has 0 saturated carbocycles. The number of nitrogens with zero attached hydrogens (tertiary/aromatic N) is 2. The van der Waals surface area contributed by atoms with Gasteiger partial charge in [-0.2, -0.15) is 0 Å². The molecule has 0 fully saturated rings. The molecule has 6 nitrogen and oxygen atoms in total. The highest BCUT2D eigenvalue weighted by Gasteiger charge is 2.11. The van der Waals surface area contributed by atoms with Crippen LogP contribution in [-0.4, -0.2) is 33.8 Å². The molecule has 0 bridgehead atoms. The van der Waals surface area contributed by atoms with Gasteiger partial charge in [0.25, 0.3) is 5.91 Å². The molecule has 0 saturated heterocycles. The number of ether oxygens (including phenoxy) is 1. The molecule has 3 aromatic rings. The molecule has 7 heteroatoms. The van der Waals surface area contributed by atoms with Crippen molar-refractivity contribution in [2.75, 3.05) is 13.4 Å². The van der Waals surface area contributed by atoms with Gasteiger partial charge in [-0.15, -0.1) is 0 Å². The van der Waals surface area contributed by atoms with Crippen molar-refractivity contribution in [1.82, 2.24) is 19.9 Å². The van der Waals surface area contributed by atoms with Crippen LogP contribution in [0.1, 0.15) is 16.2 Å². The topological polar surface area (TPSA) is 71.9 Å². The highest BCUT2D eigenvalue weighted by molar-refractivity contribution is 7.98. The number of fused-ring (bicyclic) bond motifs is 1. The lowest BCUT2D eigenvalue weighted by Crippen LogP contribution is -2.24. The van der Waals surface area contributed by atoms with Gasteiger partial charge in [0, 0.05) is 18.0 Å². The molecule has 23 heavy (non-hydrogen) atoms. The molecule has 3 rings (SSSR count). The summed E-state index contributed by atoms with van der Waals surface area (Å²) in [6.45, 7) is 0.432. The average molecular weight is 330 g/mol. The minimum atomic E-state index is -0.146. The largest absolute Gasteiger partial charge is 0.497 e. The van der Waals surface area contributed by atoms with Gasteiger partial charge in [-0.1, -0.05) is 11.8 Å². The van der Waals surface area contributed by atoms with Crippen LogP contribution in [-0.2, 0) is 13.6 Å². The Morgan fingerprint density at radius 2 is 2.26 bits per heavy atom. The zero-order valence-electron chi connectivity index (χ0n) is 13.2. The van der Waals surface area contributed by atoms with E-state index < -0.39 is 0 Å². The summed E-state index contributed by atoms with van der Waals surface area (Å²) in [6, 6.07) is 7.48. The van der Waals surface area contributed by atoms with E-state index in [1.165, 1.54) is 0 Å². The van der Waals surface area contributed by atoms with Crippen molar-refractivity contribution in [2.24, 2.45) is 7.05 Å². The first kappa shape index (κ1) is 15.5. The molecule has 2 N–H and O–H groups in total. The Kier molecular flexibility index (Phi) is 4.29. The van der Waals surface area contributed by atoms with E-state index in [0.29, 0.717) is 12.2 Å². The highest BCUT2D eigenvalue weighted by Crippen LogP contribution is 2.21. The molecule has 0 atom stereocenters. The van der Waals surface area contributed by atoms with E-state index in [4.69, 9.17) is 4.74 Å². The maximum Gasteiger partial charge on any atom is 0.268 e. The first-order chi connectivity index (χ1) is 11.1. The molecule has 0 unspecified atom stereocenters. The maximum absolute atomic E-state index is 12.3. The number of carbonyl (C=O) groups is 1. The van der Waals surface area contributed by atoms with Gasteiger partial charge in [0.05, 0.1) is 25.5 Å². The van der Waals surface area contributed by atoms with E-state index in [1.807, 2.05) is 42.1 Å². The Morgan fingerprint density at radius 3 is 2.96 bits per heavy atom. The molecule has 0 spiro atoms. The number of methoxy groups -OCH3 is 1. The zero-order valence-corrected chi connectivity index (χ0v) is 14.0. The fourth-order valence-corrected chi connectivity index (χ4v) is 2.95.